The molecular weight excluding hydrogens is 344 g/mol. The zero-order chi connectivity index (χ0) is 17.0. The van der Waals surface area contributed by atoms with Gasteiger partial charge in [-0.25, -0.2) is 23.1 Å². The van der Waals surface area contributed by atoms with E-state index in [4.69, 9.17) is 5.73 Å². The Morgan fingerprint density at radius 2 is 1.88 bits per heavy atom. The molecule has 0 fully saturated rings. The summed E-state index contributed by atoms with van der Waals surface area (Å²) in [6.45, 7) is 0. The quantitative estimate of drug-likeness (QED) is 0.683. The Morgan fingerprint density at radius 1 is 1.08 bits per heavy atom. The number of aromatic nitrogens is 2. The van der Waals surface area contributed by atoms with Crippen LogP contribution in [-0.2, 0) is 10.0 Å². The molecule has 8 heteroatoms. The molecule has 0 saturated heterocycles. The van der Waals surface area contributed by atoms with Gasteiger partial charge in [-0.05, 0) is 53.9 Å². The molecule has 1 aromatic carbocycles. The van der Waals surface area contributed by atoms with Crippen LogP contribution in [0.3, 0.4) is 0 Å². The number of rotatable bonds is 5. The van der Waals surface area contributed by atoms with Gasteiger partial charge in [-0.3, -0.25) is 0 Å². The van der Waals surface area contributed by atoms with Crippen LogP contribution in [0.15, 0.2) is 58.9 Å². The predicted octanol–water partition coefficient (Wildman–Crippen LogP) is 3.09. The summed E-state index contributed by atoms with van der Waals surface area (Å²) >= 11 is 1.60. The zero-order valence-electron chi connectivity index (χ0n) is 12.5. The summed E-state index contributed by atoms with van der Waals surface area (Å²) in [7, 11) is -3.76. The minimum absolute atomic E-state index is 0.0140. The first-order chi connectivity index (χ1) is 11.5. The Labute approximate surface area is 143 Å². The highest BCUT2D eigenvalue weighted by Gasteiger charge is 2.15. The molecule has 0 radical (unpaired) electrons. The van der Waals surface area contributed by atoms with Gasteiger partial charge in [0.25, 0.3) is 10.0 Å². The summed E-state index contributed by atoms with van der Waals surface area (Å²) in [6.07, 6.45) is 5.21. The highest BCUT2D eigenvalue weighted by Crippen LogP contribution is 2.16. The van der Waals surface area contributed by atoms with Crippen LogP contribution in [0.4, 0.5) is 11.6 Å². The van der Waals surface area contributed by atoms with Gasteiger partial charge in [0.05, 0.1) is 10.6 Å². The molecule has 2 aromatic heterocycles. The highest BCUT2D eigenvalue weighted by atomic mass is 32.2. The third-order valence-corrected chi connectivity index (χ3v) is 5.24. The van der Waals surface area contributed by atoms with E-state index in [-0.39, 0.29) is 10.8 Å². The maximum absolute atomic E-state index is 12.3. The molecular formula is C16H14N4O2S2. The minimum atomic E-state index is -3.76. The molecule has 0 saturated carbocycles. The number of sulfonamides is 1. The van der Waals surface area contributed by atoms with Crippen LogP contribution in [0.5, 0.6) is 0 Å². The summed E-state index contributed by atoms with van der Waals surface area (Å²) in [6, 6.07) is 11.5. The Bertz CT molecular complexity index is 950. The molecule has 0 amide bonds. The summed E-state index contributed by atoms with van der Waals surface area (Å²) in [5.74, 6) is 0.0140. The molecule has 3 aromatic rings. The number of anilines is 2. The van der Waals surface area contributed by atoms with Crippen molar-refractivity contribution in [2.24, 2.45) is 0 Å². The van der Waals surface area contributed by atoms with Crippen molar-refractivity contribution in [3.8, 4) is 0 Å². The van der Waals surface area contributed by atoms with Crippen LogP contribution >= 0.6 is 11.3 Å². The molecule has 3 N–H and O–H groups in total. The lowest BCUT2D eigenvalue weighted by Crippen LogP contribution is -2.15. The van der Waals surface area contributed by atoms with E-state index >= 15 is 0 Å². The predicted molar refractivity (Wildman–Crippen MR) is 96.9 cm³/mol. The second kappa shape index (κ2) is 6.81. The van der Waals surface area contributed by atoms with Gasteiger partial charge in [-0.1, -0.05) is 6.07 Å². The van der Waals surface area contributed by atoms with Crippen molar-refractivity contribution in [1.82, 2.24) is 9.97 Å². The fraction of sp³-hybridized carbons (Fsp3) is 0. The van der Waals surface area contributed by atoms with E-state index in [2.05, 4.69) is 14.7 Å². The third-order valence-electron chi connectivity index (χ3n) is 3.05. The van der Waals surface area contributed by atoms with E-state index in [1.54, 1.807) is 23.5 Å². The Balaban J connectivity index is 1.80. The van der Waals surface area contributed by atoms with Gasteiger partial charge >= 0.3 is 0 Å². The van der Waals surface area contributed by atoms with E-state index in [1.807, 2.05) is 23.6 Å². The maximum atomic E-state index is 12.3. The first kappa shape index (κ1) is 16.2. The second-order valence-corrected chi connectivity index (χ2v) is 7.49. The summed E-state index contributed by atoms with van der Waals surface area (Å²) in [5, 5.41) is 1.98. The van der Waals surface area contributed by atoms with E-state index in [0.29, 0.717) is 11.4 Å². The van der Waals surface area contributed by atoms with Crippen LogP contribution in [0.1, 0.15) is 10.6 Å². The SMILES string of the molecule is Nc1ccc(S(=O)(=O)Nc2nccc(/C=C/c3cccs3)n2)cc1. The van der Waals surface area contributed by atoms with Gasteiger partial charge in [0.1, 0.15) is 0 Å². The van der Waals surface area contributed by atoms with Crippen molar-refractivity contribution in [1.29, 1.82) is 0 Å². The van der Waals surface area contributed by atoms with Crippen LogP contribution in [0.2, 0.25) is 0 Å². The normalized spacial score (nSPS) is 11.7. The summed E-state index contributed by atoms with van der Waals surface area (Å²) in [5.41, 5.74) is 6.67. The number of benzene rings is 1. The van der Waals surface area contributed by atoms with Gasteiger partial charge in [-0.15, -0.1) is 11.3 Å². The van der Waals surface area contributed by atoms with E-state index in [1.165, 1.54) is 30.5 Å². The second-order valence-electron chi connectivity index (χ2n) is 4.83. The number of nitrogens with two attached hydrogens (primary N) is 1. The Morgan fingerprint density at radius 3 is 2.58 bits per heavy atom. The van der Waals surface area contributed by atoms with Crippen molar-refractivity contribution in [2.45, 2.75) is 4.90 Å². The number of hydrogen-bond acceptors (Lipinski definition) is 6. The molecule has 0 aliphatic carbocycles. The lowest BCUT2D eigenvalue weighted by atomic mass is 10.3. The van der Waals surface area contributed by atoms with Gasteiger partial charge in [0, 0.05) is 16.8 Å². The topological polar surface area (TPSA) is 98.0 Å². The molecule has 2 heterocycles. The summed E-state index contributed by atoms with van der Waals surface area (Å²) in [4.78, 5) is 9.33. The molecule has 6 nitrogen and oxygen atoms in total. The van der Waals surface area contributed by atoms with Crippen molar-refractivity contribution in [3.63, 3.8) is 0 Å². The highest BCUT2D eigenvalue weighted by molar-refractivity contribution is 7.92. The lowest BCUT2D eigenvalue weighted by molar-refractivity contribution is 0.601. The Hall–Kier alpha value is -2.71. The zero-order valence-corrected chi connectivity index (χ0v) is 14.1. The largest absolute Gasteiger partial charge is 0.399 e. The Kier molecular flexibility index (Phi) is 4.59. The van der Waals surface area contributed by atoms with Gasteiger partial charge < -0.3 is 5.73 Å². The monoisotopic (exact) mass is 358 g/mol. The molecule has 24 heavy (non-hydrogen) atoms. The number of nitrogen functional groups attached to an aromatic ring is 1. The van der Waals surface area contributed by atoms with Gasteiger partial charge in [0.15, 0.2) is 0 Å². The first-order valence-corrected chi connectivity index (χ1v) is 9.32. The molecule has 0 bridgehead atoms. The standard InChI is InChI=1S/C16H14N4O2S2/c17-12-3-7-15(8-4-12)24(21,22)20-16-18-10-9-13(19-16)5-6-14-2-1-11-23-14/h1-11H,17H2,(H,18,19,20)/b6-5+. The third kappa shape index (κ3) is 3.98. The number of hydrogen-bond donors (Lipinski definition) is 2. The molecule has 0 atom stereocenters. The molecule has 0 spiro atoms. The van der Waals surface area contributed by atoms with Crippen molar-refractivity contribution < 1.29 is 8.42 Å². The molecule has 0 unspecified atom stereocenters. The van der Waals surface area contributed by atoms with Crippen LogP contribution in [-0.4, -0.2) is 18.4 Å². The molecule has 0 aliphatic rings. The van der Waals surface area contributed by atoms with E-state index in [9.17, 15) is 8.42 Å². The van der Waals surface area contributed by atoms with E-state index < -0.39 is 10.0 Å². The lowest BCUT2D eigenvalue weighted by Gasteiger charge is -2.07. The fourth-order valence-electron chi connectivity index (χ4n) is 1.89. The van der Waals surface area contributed by atoms with Gasteiger partial charge in [-0.2, -0.15) is 0 Å². The maximum Gasteiger partial charge on any atom is 0.264 e. The average molecular weight is 358 g/mol. The van der Waals surface area contributed by atoms with Crippen molar-refractivity contribution >= 4 is 45.1 Å². The molecule has 0 aliphatic heterocycles. The van der Waals surface area contributed by atoms with Crippen LogP contribution in [0, 0.1) is 0 Å². The number of nitrogens with zero attached hydrogens (tertiary/aromatic N) is 2. The van der Waals surface area contributed by atoms with Crippen LogP contribution < -0.4 is 10.5 Å². The van der Waals surface area contributed by atoms with E-state index in [0.717, 1.165) is 4.88 Å². The number of nitrogens with one attached hydrogen (secondary N) is 1. The smallest absolute Gasteiger partial charge is 0.264 e. The minimum Gasteiger partial charge on any atom is -0.399 e. The van der Waals surface area contributed by atoms with Gasteiger partial charge in [0.2, 0.25) is 5.95 Å². The molecule has 122 valence electrons. The summed E-state index contributed by atoms with van der Waals surface area (Å²) < 4.78 is 27.0. The fourth-order valence-corrected chi connectivity index (χ4v) is 3.46. The van der Waals surface area contributed by atoms with Crippen molar-refractivity contribution in [3.05, 3.63) is 64.6 Å². The van der Waals surface area contributed by atoms with Crippen LogP contribution in [0.25, 0.3) is 12.2 Å². The average Bonchev–Trinajstić information content (AvgIpc) is 3.07. The first-order valence-electron chi connectivity index (χ1n) is 6.96. The molecule has 3 rings (SSSR count). The number of thiophene rings is 1. The van der Waals surface area contributed by atoms with Crippen molar-refractivity contribution in [2.75, 3.05) is 10.5 Å².